The van der Waals surface area contributed by atoms with Gasteiger partial charge in [-0.2, -0.15) is 0 Å². The van der Waals surface area contributed by atoms with Crippen LogP contribution >= 0.6 is 22.9 Å². The second-order valence-electron chi connectivity index (χ2n) is 7.76. The van der Waals surface area contributed by atoms with Crippen LogP contribution in [0.1, 0.15) is 25.6 Å². The van der Waals surface area contributed by atoms with Crippen molar-refractivity contribution in [2.45, 2.75) is 31.1 Å². The van der Waals surface area contributed by atoms with Crippen molar-refractivity contribution >= 4 is 44.3 Å². The van der Waals surface area contributed by atoms with Gasteiger partial charge in [-0.1, -0.05) is 11.6 Å². The molecule has 0 saturated heterocycles. The molecule has 1 aliphatic heterocycles. The van der Waals surface area contributed by atoms with Gasteiger partial charge in [0.05, 0.1) is 33.3 Å². The Hall–Kier alpha value is -2.10. The standard InChI is InChI=1S/C19H21ClN4O3S2/c1-18(2)17(21)23-19(3,10-29(18,25)26)15-11(20)8-14(28-15)12-9-24-7-5-6-13(27-4)16(24)22-12/h5-9H,10H2,1-4H3,(H2,21,23). The van der Waals surface area contributed by atoms with E-state index in [1.54, 1.807) is 33.9 Å². The first kappa shape index (κ1) is 20.2. The fourth-order valence-electron chi connectivity index (χ4n) is 3.39. The van der Waals surface area contributed by atoms with E-state index >= 15 is 0 Å². The summed E-state index contributed by atoms with van der Waals surface area (Å²) in [7, 11) is -1.92. The zero-order chi connectivity index (χ0) is 21.2. The second kappa shape index (κ2) is 6.45. The van der Waals surface area contributed by atoms with Crippen molar-refractivity contribution in [3.8, 4) is 16.3 Å². The van der Waals surface area contributed by atoms with Gasteiger partial charge in [0.25, 0.3) is 0 Å². The molecule has 7 nitrogen and oxygen atoms in total. The Kier molecular flexibility index (Phi) is 4.49. The zero-order valence-electron chi connectivity index (χ0n) is 16.4. The number of fused-ring (bicyclic) bond motifs is 1. The summed E-state index contributed by atoms with van der Waals surface area (Å²) in [6, 6.07) is 5.50. The van der Waals surface area contributed by atoms with Gasteiger partial charge in [-0.15, -0.1) is 11.3 Å². The third kappa shape index (κ3) is 3.03. The highest BCUT2D eigenvalue weighted by molar-refractivity contribution is 7.93. The SMILES string of the molecule is COc1cccn2cc(-c3cc(Cl)c(C4(C)CS(=O)(=O)C(C)(C)C(N)=N4)s3)nc12. The van der Waals surface area contributed by atoms with Crippen LogP contribution in [0, 0.1) is 0 Å². The first-order chi connectivity index (χ1) is 13.5. The lowest BCUT2D eigenvalue weighted by atomic mass is 10.0. The number of sulfone groups is 1. The molecule has 3 aromatic rings. The van der Waals surface area contributed by atoms with Gasteiger partial charge in [-0.25, -0.2) is 13.4 Å². The van der Waals surface area contributed by atoms with E-state index in [1.165, 1.54) is 11.3 Å². The zero-order valence-corrected chi connectivity index (χ0v) is 18.8. The minimum Gasteiger partial charge on any atom is -0.493 e. The summed E-state index contributed by atoms with van der Waals surface area (Å²) in [4.78, 5) is 10.7. The van der Waals surface area contributed by atoms with Crippen LogP contribution in [0.25, 0.3) is 16.2 Å². The molecule has 0 aliphatic carbocycles. The van der Waals surface area contributed by atoms with E-state index in [4.69, 9.17) is 22.1 Å². The predicted octanol–water partition coefficient (Wildman–Crippen LogP) is 3.50. The highest BCUT2D eigenvalue weighted by Gasteiger charge is 2.49. The average molecular weight is 453 g/mol. The number of amidine groups is 1. The van der Waals surface area contributed by atoms with Gasteiger partial charge in [-0.3, -0.25) is 4.99 Å². The number of aliphatic imine (C=N–C) groups is 1. The van der Waals surface area contributed by atoms with Gasteiger partial charge in [0, 0.05) is 12.4 Å². The molecule has 10 heteroatoms. The lowest BCUT2D eigenvalue weighted by molar-refractivity contribution is 0.417. The molecule has 4 heterocycles. The molecule has 0 fully saturated rings. The predicted molar refractivity (Wildman–Crippen MR) is 117 cm³/mol. The average Bonchev–Trinajstić information content (AvgIpc) is 3.23. The van der Waals surface area contributed by atoms with Crippen LogP contribution in [0.5, 0.6) is 5.75 Å². The van der Waals surface area contributed by atoms with Crippen molar-refractivity contribution in [2.75, 3.05) is 12.9 Å². The van der Waals surface area contributed by atoms with Crippen molar-refractivity contribution in [1.29, 1.82) is 0 Å². The van der Waals surface area contributed by atoms with Crippen LogP contribution in [-0.4, -0.2) is 41.2 Å². The summed E-state index contributed by atoms with van der Waals surface area (Å²) in [5.41, 5.74) is 6.41. The number of hydrogen-bond acceptors (Lipinski definition) is 7. The number of ether oxygens (including phenoxy) is 1. The van der Waals surface area contributed by atoms with Gasteiger partial charge in [0.1, 0.15) is 16.1 Å². The Balaban J connectivity index is 1.83. The van der Waals surface area contributed by atoms with Gasteiger partial charge >= 0.3 is 0 Å². The fraction of sp³-hybridized carbons (Fsp3) is 0.368. The normalized spacial score (nSPS) is 23.1. The number of hydrogen-bond donors (Lipinski definition) is 1. The summed E-state index contributed by atoms with van der Waals surface area (Å²) >= 11 is 7.91. The largest absolute Gasteiger partial charge is 0.493 e. The van der Waals surface area contributed by atoms with Crippen molar-refractivity contribution in [2.24, 2.45) is 10.7 Å². The smallest absolute Gasteiger partial charge is 0.180 e. The van der Waals surface area contributed by atoms with Gasteiger partial charge in [0.2, 0.25) is 0 Å². The van der Waals surface area contributed by atoms with E-state index in [9.17, 15) is 8.42 Å². The Morgan fingerprint density at radius 2 is 2.07 bits per heavy atom. The number of thiophene rings is 1. The van der Waals surface area contributed by atoms with Crippen LogP contribution in [0.4, 0.5) is 0 Å². The summed E-state index contributed by atoms with van der Waals surface area (Å²) in [6.07, 6.45) is 3.76. The summed E-state index contributed by atoms with van der Waals surface area (Å²) in [6.45, 7) is 4.90. The van der Waals surface area contributed by atoms with E-state index in [0.717, 1.165) is 4.88 Å². The van der Waals surface area contributed by atoms with Crippen LogP contribution in [0.15, 0.2) is 35.6 Å². The number of nitrogens with two attached hydrogens (primary N) is 1. The van der Waals surface area contributed by atoms with Crippen molar-refractivity contribution in [3.63, 3.8) is 0 Å². The molecule has 2 N–H and O–H groups in total. The number of nitrogens with zero attached hydrogens (tertiary/aromatic N) is 3. The lowest BCUT2D eigenvalue weighted by Gasteiger charge is -2.37. The van der Waals surface area contributed by atoms with E-state index in [-0.39, 0.29) is 11.6 Å². The Bertz CT molecular complexity index is 1260. The van der Waals surface area contributed by atoms with Gasteiger partial charge < -0.3 is 14.9 Å². The minimum atomic E-state index is -3.51. The van der Waals surface area contributed by atoms with E-state index in [1.807, 2.05) is 28.9 Å². The maximum atomic E-state index is 12.8. The molecule has 1 aliphatic rings. The Labute approximate surface area is 178 Å². The Morgan fingerprint density at radius 1 is 1.34 bits per heavy atom. The fourth-order valence-corrected chi connectivity index (χ4v) is 6.74. The van der Waals surface area contributed by atoms with Gasteiger partial charge in [-0.05, 0) is 39.0 Å². The molecule has 154 valence electrons. The molecule has 0 radical (unpaired) electrons. The molecule has 29 heavy (non-hydrogen) atoms. The summed E-state index contributed by atoms with van der Waals surface area (Å²) in [5.74, 6) is 0.591. The van der Waals surface area contributed by atoms with Crippen molar-refractivity contribution in [3.05, 3.63) is 40.5 Å². The van der Waals surface area contributed by atoms with Crippen LogP contribution < -0.4 is 10.5 Å². The topological polar surface area (TPSA) is 99.0 Å². The number of halogens is 1. The molecule has 3 aromatic heterocycles. The molecular formula is C19H21ClN4O3S2. The maximum Gasteiger partial charge on any atom is 0.180 e. The number of pyridine rings is 1. The molecule has 4 rings (SSSR count). The highest BCUT2D eigenvalue weighted by atomic mass is 35.5. The first-order valence-corrected chi connectivity index (χ1v) is 11.7. The Morgan fingerprint density at radius 3 is 2.72 bits per heavy atom. The minimum absolute atomic E-state index is 0.0923. The van der Waals surface area contributed by atoms with Crippen LogP contribution in [-0.2, 0) is 15.4 Å². The molecular weight excluding hydrogens is 432 g/mol. The molecule has 0 aromatic carbocycles. The number of imidazole rings is 1. The number of rotatable bonds is 3. The van der Waals surface area contributed by atoms with Crippen molar-refractivity contribution < 1.29 is 13.2 Å². The first-order valence-electron chi connectivity index (χ1n) is 8.88. The van der Waals surface area contributed by atoms with Gasteiger partial charge in [0.15, 0.2) is 21.2 Å². The molecule has 1 unspecified atom stereocenters. The van der Waals surface area contributed by atoms with Crippen LogP contribution in [0.3, 0.4) is 0 Å². The molecule has 1 atom stereocenters. The summed E-state index contributed by atoms with van der Waals surface area (Å²) < 4.78 is 31.7. The van der Waals surface area contributed by atoms with E-state index < -0.39 is 20.1 Å². The molecule has 0 amide bonds. The molecule has 0 spiro atoms. The second-order valence-corrected chi connectivity index (χ2v) is 11.8. The van der Waals surface area contributed by atoms with Crippen LogP contribution in [0.2, 0.25) is 5.02 Å². The quantitative estimate of drug-likeness (QED) is 0.655. The number of methoxy groups -OCH3 is 1. The van der Waals surface area contributed by atoms with Crippen molar-refractivity contribution in [1.82, 2.24) is 9.38 Å². The third-order valence-corrected chi connectivity index (χ3v) is 9.86. The highest BCUT2D eigenvalue weighted by Crippen LogP contribution is 2.45. The molecule has 0 saturated carbocycles. The lowest BCUT2D eigenvalue weighted by Crippen LogP contribution is -2.54. The summed E-state index contributed by atoms with van der Waals surface area (Å²) in [5, 5.41) is 0.447. The maximum absolute atomic E-state index is 12.8. The van der Waals surface area contributed by atoms with E-state index in [2.05, 4.69) is 9.98 Å². The third-order valence-electron chi connectivity index (χ3n) is 5.33. The number of aromatic nitrogens is 2. The molecule has 0 bridgehead atoms. The van der Waals surface area contributed by atoms with E-state index in [0.29, 0.717) is 27.0 Å². The monoisotopic (exact) mass is 452 g/mol.